The van der Waals surface area contributed by atoms with E-state index in [1.807, 2.05) is 67.6 Å². The number of ether oxygens (including phenoxy) is 1. The van der Waals surface area contributed by atoms with Crippen molar-refractivity contribution in [3.05, 3.63) is 94.9 Å². The molecular formula is C24H20N4O3. The van der Waals surface area contributed by atoms with E-state index in [0.717, 1.165) is 16.8 Å². The summed E-state index contributed by atoms with van der Waals surface area (Å²) >= 11 is 0. The van der Waals surface area contributed by atoms with Crippen molar-refractivity contribution in [2.45, 2.75) is 13.5 Å². The fourth-order valence-electron chi connectivity index (χ4n) is 3.57. The number of rotatable bonds is 5. The van der Waals surface area contributed by atoms with Crippen LogP contribution in [0.4, 0.5) is 0 Å². The van der Waals surface area contributed by atoms with E-state index in [1.165, 1.54) is 0 Å². The van der Waals surface area contributed by atoms with Crippen LogP contribution in [0.3, 0.4) is 0 Å². The predicted molar refractivity (Wildman–Crippen MR) is 117 cm³/mol. The Morgan fingerprint density at radius 3 is 2.61 bits per heavy atom. The number of fused-ring (bicyclic) bond motifs is 1. The normalized spacial score (nSPS) is 11.2. The van der Waals surface area contributed by atoms with Gasteiger partial charge in [0.2, 0.25) is 5.89 Å². The van der Waals surface area contributed by atoms with E-state index < -0.39 is 0 Å². The first-order valence-electron chi connectivity index (χ1n) is 9.88. The first-order valence-corrected chi connectivity index (χ1v) is 9.88. The average molecular weight is 412 g/mol. The maximum absolute atomic E-state index is 13.1. The topological polar surface area (TPSA) is 74.6 Å². The largest absolute Gasteiger partial charge is 0.496 e. The first-order chi connectivity index (χ1) is 15.1. The molecule has 0 radical (unpaired) electrons. The molecule has 3 heterocycles. The Kier molecular flexibility index (Phi) is 4.63. The van der Waals surface area contributed by atoms with Crippen molar-refractivity contribution in [3.8, 4) is 28.5 Å². The summed E-state index contributed by atoms with van der Waals surface area (Å²) in [5.41, 5.74) is 3.55. The van der Waals surface area contributed by atoms with Crippen LogP contribution in [-0.4, -0.2) is 26.3 Å². The molecule has 0 unspecified atom stereocenters. The molecule has 0 N–H and O–H groups in total. The van der Waals surface area contributed by atoms with E-state index >= 15 is 0 Å². The molecule has 0 bridgehead atoms. The van der Waals surface area contributed by atoms with Crippen LogP contribution in [0, 0.1) is 6.92 Å². The number of hydrogen-bond donors (Lipinski definition) is 0. The Morgan fingerprint density at radius 1 is 1.03 bits per heavy atom. The number of oxazole rings is 1. The zero-order chi connectivity index (χ0) is 21.4. The summed E-state index contributed by atoms with van der Waals surface area (Å²) in [5, 5.41) is 4.53. The molecule has 0 spiro atoms. The number of para-hydroxylation sites is 1. The summed E-state index contributed by atoms with van der Waals surface area (Å²) < 4.78 is 14.5. The minimum absolute atomic E-state index is 0.140. The van der Waals surface area contributed by atoms with E-state index in [9.17, 15) is 4.79 Å². The van der Waals surface area contributed by atoms with Gasteiger partial charge in [-0.05, 0) is 25.1 Å². The fraction of sp³-hybridized carbons (Fsp3) is 0.125. The number of aromatic nitrogens is 4. The second-order valence-electron chi connectivity index (χ2n) is 7.18. The van der Waals surface area contributed by atoms with Crippen molar-refractivity contribution in [1.29, 1.82) is 0 Å². The molecule has 7 nitrogen and oxygen atoms in total. The lowest BCUT2D eigenvalue weighted by molar-refractivity contribution is 0.414. The van der Waals surface area contributed by atoms with Gasteiger partial charge in [-0.1, -0.05) is 42.5 Å². The Bertz CT molecular complexity index is 1430. The van der Waals surface area contributed by atoms with E-state index in [4.69, 9.17) is 9.15 Å². The van der Waals surface area contributed by atoms with Gasteiger partial charge in [0.25, 0.3) is 5.56 Å². The molecular weight excluding hydrogens is 392 g/mol. The Balaban J connectivity index is 1.51. The molecule has 0 amide bonds. The molecule has 0 saturated carbocycles. The molecule has 31 heavy (non-hydrogen) atoms. The second kappa shape index (κ2) is 7.60. The van der Waals surface area contributed by atoms with Gasteiger partial charge in [-0.15, -0.1) is 0 Å². The van der Waals surface area contributed by atoms with Crippen molar-refractivity contribution in [2.75, 3.05) is 7.11 Å². The van der Waals surface area contributed by atoms with Crippen molar-refractivity contribution < 1.29 is 9.15 Å². The molecule has 0 aliphatic heterocycles. The van der Waals surface area contributed by atoms with Gasteiger partial charge < -0.3 is 13.7 Å². The molecule has 0 fully saturated rings. The van der Waals surface area contributed by atoms with Gasteiger partial charge in [0.1, 0.15) is 22.7 Å². The smallest absolute Gasteiger partial charge is 0.276 e. The molecule has 2 aromatic carbocycles. The molecule has 0 aliphatic carbocycles. The van der Waals surface area contributed by atoms with Crippen LogP contribution in [0.2, 0.25) is 0 Å². The molecule has 3 aromatic heterocycles. The fourth-order valence-corrected chi connectivity index (χ4v) is 3.57. The number of aryl methyl sites for hydroxylation is 1. The summed E-state index contributed by atoms with van der Waals surface area (Å²) in [6.07, 6.45) is 3.49. The summed E-state index contributed by atoms with van der Waals surface area (Å²) in [6, 6.07) is 19.1. The van der Waals surface area contributed by atoms with Gasteiger partial charge in [-0.2, -0.15) is 5.10 Å². The van der Waals surface area contributed by atoms with Gasteiger partial charge in [0.15, 0.2) is 0 Å². The van der Waals surface area contributed by atoms with Crippen molar-refractivity contribution in [3.63, 3.8) is 0 Å². The number of nitrogens with zero attached hydrogens (tertiary/aromatic N) is 4. The highest BCUT2D eigenvalue weighted by Crippen LogP contribution is 2.30. The van der Waals surface area contributed by atoms with E-state index in [-0.39, 0.29) is 5.56 Å². The third kappa shape index (κ3) is 3.40. The van der Waals surface area contributed by atoms with Crippen molar-refractivity contribution in [2.24, 2.45) is 0 Å². The summed E-state index contributed by atoms with van der Waals surface area (Å²) in [6.45, 7) is 2.14. The van der Waals surface area contributed by atoms with Crippen LogP contribution in [0.15, 0.2) is 82.3 Å². The van der Waals surface area contributed by atoms with E-state index in [1.54, 1.807) is 28.6 Å². The number of hydrogen-bond acceptors (Lipinski definition) is 5. The summed E-state index contributed by atoms with van der Waals surface area (Å²) in [5.74, 6) is 1.81. The van der Waals surface area contributed by atoms with E-state index in [0.29, 0.717) is 35.2 Å². The average Bonchev–Trinajstić information content (AvgIpc) is 3.40. The zero-order valence-electron chi connectivity index (χ0n) is 17.1. The summed E-state index contributed by atoms with van der Waals surface area (Å²) in [4.78, 5) is 17.7. The predicted octanol–water partition coefficient (Wildman–Crippen LogP) is 4.18. The minimum atomic E-state index is -0.140. The number of benzene rings is 2. The monoisotopic (exact) mass is 412 g/mol. The van der Waals surface area contributed by atoms with Gasteiger partial charge in [-0.3, -0.25) is 4.79 Å². The third-order valence-corrected chi connectivity index (χ3v) is 5.22. The van der Waals surface area contributed by atoms with Crippen molar-refractivity contribution >= 4 is 5.52 Å². The quantitative estimate of drug-likeness (QED) is 0.433. The Labute approximate surface area is 178 Å². The molecule has 0 saturated heterocycles. The number of methoxy groups -OCH3 is 1. The minimum Gasteiger partial charge on any atom is -0.496 e. The van der Waals surface area contributed by atoms with Crippen LogP contribution in [0.5, 0.6) is 5.75 Å². The van der Waals surface area contributed by atoms with E-state index in [2.05, 4.69) is 10.1 Å². The molecule has 154 valence electrons. The highest BCUT2D eigenvalue weighted by atomic mass is 16.5. The molecule has 0 aliphatic rings. The van der Waals surface area contributed by atoms with Crippen LogP contribution < -0.4 is 10.3 Å². The maximum Gasteiger partial charge on any atom is 0.276 e. The molecule has 5 aromatic rings. The molecule has 0 atom stereocenters. The molecule has 7 heteroatoms. The van der Waals surface area contributed by atoms with Gasteiger partial charge in [-0.25, -0.2) is 9.50 Å². The highest BCUT2D eigenvalue weighted by molar-refractivity contribution is 5.65. The van der Waals surface area contributed by atoms with Crippen LogP contribution >= 0.6 is 0 Å². The van der Waals surface area contributed by atoms with Crippen LogP contribution in [-0.2, 0) is 6.54 Å². The first kappa shape index (κ1) is 18.9. The van der Waals surface area contributed by atoms with Gasteiger partial charge >= 0.3 is 0 Å². The van der Waals surface area contributed by atoms with Crippen LogP contribution in [0.1, 0.15) is 11.5 Å². The van der Waals surface area contributed by atoms with Gasteiger partial charge in [0.05, 0.1) is 24.9 Å². The lowest BCUT2D eigenvalue weighted by atomic mass is 10.1. The van der Waals surface area contributed by atoms with Crippen molar-refractivity contribution in [1.82, 2.24) is 19.2 Å². The highest BCUT2D eigenvalue weighted by Gasteiger charge is 2.16. The Hall–Kier alpha value is -4.13. The third-order valence-electron chi connectivity index (χ3n) is 5.22. The molecule has 5 rings (SSSR count). The van der Waals surface area contributed by atoms with Gasteiger partial charge in [0, 0.05) is 18.0 Å². The zero-order valence-corrected chi connectivity index (χ0v) is 17.1. The standard InChI is InChI=1S/C24H20N4O3/c1-16-20(25-23(31-16)18-10-6-7-11-22(18)30-2)15-27-12-13-28-21(24(27)29)14-19(26-28)17-8-4-3-5-9-17/h3-14H,15H2,1-2H3. The Morgan fingerprint density at radius 2 is 1.81 bits per heavy atom. The van der Waals surface area contributed by atoms with Crippen LogP contribution in [0.25, 0.3) is 28.2 Å². The second-order valence-corrected chi connectivity index (χ2v) is 7.18. The lowest BCUT2D eigenvalue weighted by Crippen LogP contribution is -2.22. The summed E-state index contributed by atoms with van der Waals surface area (Å²) in [7, 11) is 1.61. The lowest BCUT2D eigenvalue weighted by Gasteiger charge is -2.04. The SMILES string of the molecule is COc1ccccc1-c1nc(Cn2ccn3nc(-c4ccccc4)cc3c2=O)c(C)o1. The maximum atomic E-state index is 13.1.